The summed E-state index contributed by atoms with van der Waals surface area (Å²) >= 11 is 3.17. The zero-order valence-electron chi connectivity index (χ0n) is 11.2. The van der Waals surface area contributed by atoms with Gasteiger partial charge in [-0.25, -0.2) is 4.98 Å². The Morgan fingerprint density at radius 2 is 2.14 bits per heavy atom. The number of thiophene rings is 1. The van der Waals surface area contributed by atoms with Gasteiger partial charge < -0.3 is 4.57 Å². The molecule has 0 radical (unpaired) electrons. The molecule has 3 aromatic rings. The molecule has 1 N–H and O–H groups in total. The molecule has 0 fully saturated rings. The highest BCUT2D eigenvalue weighted by atomic mass is 32.1. The van der Waals surface area contributed by atoms with E-state index in [-0.39, 0.29) is 5.91 Å². The summed E-state index contributed by atoms with van der Waals surface area (Å²) < 4.78 is 2.03. The van der Waals surface area contributed by atoms with Crippen LogP contribution in [-0.2, 0) is 12.8 Å². The highest BCUT2D eigenvalue weighted by molar-refractivity contribution is 7.15. The second kappa shape index (κ2) is 5.13. The second-order valence-corrected chi connectivity index (χ2v) is 6.90. The molecular weight excluding hydrogens is 302 g/mol. The summed E-state index contributed by atoms with van der Waals surface area (Å²) in [4.78, 5) is 18.2. The summed E-state index contributed by atoms with van der Waals surface area (Å²) in [6.07, 6.45) is 8.89. The number of aryl methyl sites for hydroxylation is 1. The minimum absolute atomic E-state index is 0.0481. The molecule has 21 heavy (non-hydrogen) atoms. The Kier molecular flexibility index (Phi) is 3.12. The van der Waals surface area contributed by atoms with Crippen LogP contribution in [0.2, 0.25) is 0 Å². The molecule has 6 heteroatoms. The first-order chi connectivity index (χ1) is 10.3. The van der Waals surface area contributed by atoms with Crippen LogP contribution >= 0.6 is 22.7 Å². The number of fused-ring (bicyclic) bond motifs is 1. The lowest BCUT2D eigenvalue weighted by Crippen LogP contribution is -2.14. The van der Waals surface area contributed by atoms with Crippen molar-refractivity contribution >= 4 is 33.7 Å². The molecule has 3 aromatic heterocycles. The summed E-state index contributed by atoms with van der Waals surface area (Å²) in [5, 5.41) is 6.44. The zero-order chi connectivity index (χ0) is 14.2. The minimum Gasteiger partial charge on any atom is -0.315 e. The van der Waals surface area contributed by atoms with Crippen LogP contribution in [0.3, 0.4) is 0 Å². The Hall–Kier alpha value is -1.92. The van der Waals surface area contributed by atoms with Gasteiger partial charge >= 0.3 is 0 Å². The number of nitrogens with zero attached hydrogens (tertiary/aromatic N) is 2. The number of aromatic nitrogens is 2. The summed E-state index contributed by atoms with van der Waals surface area (Å²) in [6.45, 7) is 0. The molecule has 3 heterocycles. The summed E-state index contributed by atoms with van der Waals surface area (Å²) in [5.74, 6) is -0.0481. The van der Waals surface area contributed by atoms with E-state index in [0.717, 1.165) is 29.8 Å². The average molecular weight is 315 g/mol. The van der Waals surface area contributed by atoms with Crippen molar-refractivity contribution in [1.29, 1.82) is 0 Å². The van der Waals surface area contributed by atoms with Crippen LogP contribution < -0.4 is 5.32 Å². The maximum absolute atomic E-state index is 12.7. The smallest absolute Gasteiger partial charge is 0.260 e. The van der Waals surface area contributed by atoms with Crippen molar-refractivity contribution < 1.29 is 4.79 Å². The fourth-order valence-electron chi connectivity index (χ4n) is 2.72. The van der Waals surface area contributed by atoms with E-state index in [0.29, 0.717) is 5.13 Å². The van der Waals surface area contributed by atoms with Crippen LogP contribution in [0, 0.1) is 0 Å². The van der Waals surface area contributed by atoms with E-state index in [2.05, 4.69) is 10.3 Å². The number of thiazole rings is 1. The number of amides is 1. The lowest BCUT2D eigenvalue weighted by Gasteiger charge is -2.07. The molecule has 4 rings (SSSR count). The van der Waals surface area contributed by atoms with Crippen molar-refractivity contribution in [2.24, 2.45) is 0 Å². The Labute approximate surface area is 130 Å². The fourth-order valence-corrected chi connectivity index (χ4v) is 4.60. The largest absolute Gasteiger partial charge is 0.315 e. The fraction of sp³-hybridized carbons (Fsp3) is 0.200. The van der Waals surface area contributed by atoms with Gasteiger partial charge in [0.1, 0.15) is 5.00 Å². The first-order valence-corrected chi connectivity index (χ1v) is 8.51. The van der Waals surface area contributed by atoms with Gasteiger partial charge in [-0.3, -0.25) is 10.1 Å². The monoisotopic (exact) mass is 315 g/mol. The highest BCUT2D eigenvalue weighted by Crippen LogP contribution is 2.38. The van der Waals surface area contributed by atoms with Gasteiger partial charge in [0.2, 0.25) is 0 Å². The first kappa shape index (κ1) is 12.8. The lowest BCUT2D eigenvalue weighted by molar-refractivity contribution is 0.102. The molecule has 1 aliphatic carbocycles. The summed E-state index contributed by atoms with van der Waals surface area (Å²) in [7, 11) is 0. The maximum Gasteiger partial charge on any atom is 0.260 e. The average Bonchev–Trinajstić information content (AvgIpc) is 3.22. The third-order valence-corrected chi connectivity index (χ3v) is 5.62. The van der Waals surface area contributed by atoms with Crippen molar-refractivity contribution in [2.75, 3.05) is 5.32 Å². The Bertz CT molecular complexity index is 772. The van der Waals surface area contributed by atoms with Crippen LogP contribution in [0.15, 0.2) is 36.1 Å². The molecule has 0 saturated carbocycles. The Morgan fingerprint density at radius 1 is 1.29 bits per heavy atom. The molecule has 4 nitrogen and oxygen atoms in total. The SMILES string of the molecule is O=C(Nc1nccs1)c1c(-n2cccc2)sc2c1CCC2. The number of nitrogens with one attached hydrogen (secondary N) is 1. The normalized spacial score (nSPS) is 13.3. The number of rotatable bonds is 3. The summed E-state index contributed by atoms with van der Waals surface area (Å²) in [5.41, 5.74) is 2.04. The molecule has 1 aliphatic rings. The molecule has 0 unspecified atom stereocenters. The standard InChI is InChI=1S/C15H13N3OS2/c19-13(17-15-16-6-9-20-15)12-10-4-3-5-11(10)21-14(12)18-7-1-2-8-18/h1-2,6-9H,3-5H2,(H,16,17,19). The van der Waals surface area contributed by atoms with Crippen molar-refractivity contribution in [3.05, 3.63) is 52.1 Å². The Balaban J connectivity index is 1.78. The van der Waals surface area contributed by atoms with E-state index in [1.165, 1.54) is 21.8 Å². The third-order valence-electron chi connectivity index (χ3n) is 3.62. The van der Waals surface area contributed by atoms with E-state index < -0.39 is 0 Å². The van der Waals surface area contributed by atoms with Crippen LogP contribution in [-0.4, -0.2) is 15.5 Å². The summed E-state index contributed by atoms with van der Waals surface area (Å²) in [6, 6.07) is 3.96. The molecule has 106 valence electrons. The van der Waals surface area contributed by atoms with Crippen molar-refractivity contribution in [3.8, 4) is 5.00 Å². The van der Waals surface area contributed by atoms with Crippen LogP contribution in [0.1, 0.15) is 27.2 Å². The second-order valence-electron chi connectivity index (χ2n) is 4.92. The van der Waals surface area contributed by atoms with Crippen molar-refractivity contribution in [3.63, 3.8) is 0 Å². The van der Waals surface area contributed by atoms with Gasteiger partial charge in [-0.2, -0.15) is 0 Å². The molecule has 0 aliphatic heterocycles. The van der Waals surface area contributed by atoms with Crippen molar-refractivity contribution in [2.45, 2.75) is 19.3 Å². The lowest BCUT2D eigenvalue weighted by atomic mass is 10.1. The van der Waals surface area contributed by atoms with Gasteiger partial charge in [0.25, 0.3) is 5.91 Å². The van der Waals surface area contributed by atoms with Gasteiger partial charge in [0, 0.05) is 28.8 Å². The van der Waals surface area contributed by atoms with Crippen molar-refractivity contribution in [1.82, 2.24) is 9.55 Å². The van der Waals surface area contributed by atoms with Gasteiger partial charge in [0.15, 0.2) is 5.13 Å². The van der Waals surface area contributed by atoms with Crippen LogP contribution in [0.5, 0.6) is 0 Å². The third kappa shape index (κ3) is 2.20. The predicted molar refractivity (Wildman–Crippen MR) is 85.7 cm³/mol. The zero-order valence-corrected chi connectivity index (χ0v) is 12.8. The number of carbonyl (C=O) groups excluding carboxylic acids is 1. The van der Waals surface area contributed by atoms with E-state index in [4.69, 9.17) is 0 Å². The molecule has 0 saturated heterocycles. The molecule has 0 atom stereocenters. The number of hydrogen-bond donors (Lipinski definition) is 1. The van der Waals surface area contributed by atoms with Crippen LogP contribution in [0.25, 0.3) is 5.00 Å². The van der Waals surface area contributed by atoms with E-state index in [9.17, 15) is 4.79 Å². The van der Waals surface area contributed by atoms with Gasteiger partial charge in [0.05, 0.1) is 5.56 Å². The van der Waals surface area contributed by atoms with Crippen LogP contribution in [0.4, 0.5) is 5.13 Å². The number of hydrogen-bond acceptors (Lipinski definition) is 4. The number of anilines is 1. The predicted octanol–water partition coefficient (Wildman–Crippen LogP) is 3.74. The Morgan fingerprint density at radius 3 is 2.90 bits per heavy atom. The topological polar surface area (TPSA) is 46.9 Å². The van der Waals surface area contributed by atoms with E-state index >= 15 is 0 Å². The molecular formula is C15H13N3OS2. The van der Waals surface area contributed by atoms with E-state index in [1.54, 1.807) is 17.5 Å². The molecule has 0 spiro atoms. The quantitative estimate of drug-likeness (QED) is 0.800. The van der Waals surface area contributed by atoms with Gasteiger partial charge in [-0.1, -0.05) is 0 Å². The maximum atomic E-state index is 12.7. The molecule has 0 aromatic carbocycles. The highest BCUT2D eigenvalue weighted by Gasteiger charge is 2.27. The number of carbonyl (C=O) groups is 1. The van der Waals surface area contributed by atoms with Gasteiger partial charge in [-0.15, -0.1) is 22.7 Å². The molecule has 1 amide bonds. The first-order valence-electron chi connectivity index (χ1n) is 6.81. The minimum atomic E-state index is -0.0481. The molecule has 0 bridgehead atoms. The van der Waals surface area contributed by atoms with Gasteiger partial charge in [-0.05, 0) is 37.0 Å². The van der Waals surface area contributed by atoms with E-state index in [1.807, 2.05) is 34.5 Å².